The molecule has 0 fully saturated rings. The lowest BCUT2D eigenvalue weighted by molar-refractivity contribution is 0.760. The molecule has 0 aliphatic heterocycles. The van der Waals surface area contributed by atoms with Crippen molar-refractivity contribution < 1.29 is 0 Å². The number of nitrogens with one attached hydrogen (secondary N) is 1. The molecule has 1 N–H and O–H groups in total. The van der Waals surface area contributed by atoms with Gasteiger partial charge in [0.1, 0.15) is 11.5 Å². The molecule has 4 rings (SSSR count). The van der Waals surface area contributed by atoms with Crippen molar-refractivity contribution in [3.05, 3.63) is 54.4 Å². The zero-order valence-corrected chi connectivity index (χ0v) is 15.5. The number of hydrogen-bond donors (Lipinski definition) is 1. The van der Waals surface area contributed by atoms with Gasteiger partial charge in [0, 0.05) is 44.3 Å². The Kier molecular flexibility index (Phi) is 4.45. The number of aryl methyl sites for hydroxylation is 2. The van der Waals surface area contributed by atoms with E-state index in [0.717, 1.165) is 40.4 Å². The molecule has 136 valence electrons. The molecule has 0 aromatic carbocycles. The smallest absolute Gasteiger partial charge is 0.182 e. The zero-order chi connectivity index (χ0) is 18.8. The lowest BCUT2D eigenvalue weighted by atomic mass is 10.2. The van der Waals surface area contributed by atoms with E-state index in [1.165, 1.54) is 0 Å². The highest BCUT2D eigenvalue weighted by molar-refractivity contribution is 5.90. The third-order valence-corrected chi connectivity index (χ3v) is 4.27. The van der Waals surface area contributed by atoms with Gasteiger partial charge in [-0.2, -0.15) is 5.10 Å². The van der Waals surface area contributed by atoms with Crippen LogP contribution in [0.15, 0.2) is 43.0 Å². The van der Waals surface area contributed by atoms with Crippen molar-refractivity contribution in [2.75, 3.05) is 5.32 Å². The Morgan fingerprint density at radius 1 is 1.11 bits per heavy atom. The lowest BCUT2D eigenvalue weighted by Crippen LogP contribution is -2.20. The summed E-state index contributed by atoms with van der Waals surface area (Å²) in [7, 11) is 1.89. The van der Waals surface area contributed by atoms with Gasteiger partial charge < -0.3 is 5.32 Å². The Morgan fingerprint density at radius 3 is 2.74 bits per heavy atom. The van der Waals surface area contributed by atoms with Crippen molar-refractivity contribution >= 4 is 16.9 Å². The molecule has 8 heteroatoms. The van der Waals surface area contributed by atoms with Crippen LogP contribution in [0.5, 0.6) is 0 Å². The Bertz CT molecular complexity index is 1060. The minimum Gasteiger partial charge on any atom is -0.366 e. The minimum absolute atomic E-state index is 0.107. The second-order valence-electron chi connectivity index (χ2n) is 6.46. The van der Waals surface area contributed by atoms with E-state index in [4.69, 9.17) is 4.98 Å². The molecule has 4 aromatic rings. The van der Waals surface area contributed by atoms with E-state index in [1.54, 1.807) is 29.5 Å². The average Bonchev–Trinajstić information content (AvgIpc) is 2.97. The fraction of sp³-hybridized carbons (Fsp3) is 0.263. The van der Waals surface area contributed by atoms with Crippen LogP contribution in [-0.4, -0.2) is 40.7 Å². The maximum atomic E-state index is 4.75. The summed E-state index contributed by atoms with van der Waals surface area (Å²) in [4.78, 5) is 22.3. The summed E-state index contributed by atoms with van der Waals surface area (Å²) in [5.74, 6) is 1.32. The third kappa shape index (κ3) is 3.46. The molecule has 0 spiro atoms. The van der Waals surface area contributed by atoms with Gasteiger partial charge in [-0.05, 0) is 26.0 Å². The van der Waals surface area contributed by atoms with E-state index in [9.17, 15) is 0 Å². The van der Waals surface area contributed by atoms with Crippen LogP contribution in [-0.2, 0) is 13.5 Å². The molecular formula is C19H20N8. The van der Waals surface area contributed by atoms with Crippen molar-refractivity contribution in [1.82, 2.24) is 34.7 Å². The van der Waals surface area contributed by atoms with Gasteiger partial charge in [0.2, 0.25) is 0 Å². The van der Waals surface area contributed by atoms with Crippen LogP contribution in [0, 0.1) is 6.92 Å². The fourth-order valence-corrected chi connectivity index (χ4v) is 3.09. The van der Waals surface area contributed by atoms with Crippen LogP contribution in [0.3, 0.4) is 0 Å². The number of fused-ring (bicyclic) bond motifs is 1. The molecule has 4 aromatic heterocycles. The van der Waals surface area contributed by atoms with Crippen LogP contribution in [0.1, 0.15) is 18.3 Å². The third-order valence-electron chi connectivity index (χ3n) is 4.27. The van der Waals surface area contributed by atoms with Crippen molar-refractivity contribution in [3.8, 4) is 11.5 Å². The second-order valence-corrected chi connectivity index (χ2v) is 6.46. The molecule has 0 aliphatic carbocycles. The predicted molar refractivity (Wildman–Crippen MR) is 103 cm³/mol. The fourth-order valence-electron chi connectivity index (χ4n) is 3.09. The first-order valence-electron chi connectivity index (χ1n) is 8.76. The Balaban J connectivity index is 1.74. The first kappa shape index (κ1) is 17.0. The van der Waals surface area contributed by atoms with E-state index in [2.05, 4.69) is 37.3 Å². The molecule has 0 unspecified atom stereocenters. The Hall–Kier alpha value is -3.42. The van der Waals surface area contributed by atoms with Gasteiger partial charge in [-0.25, -0.2) is 9.97 Å². The normalized spacial score (nSPS) is 12.3. The van der Waals surface area contributed by atoms with Gasteiger partial charge in [0.25, 0.3) is 0 Å². The van der Waals surface area contributed by atoms with E-state index >= 15 is 0 Å². The van der Waals surface area contributed by atoms with E-state index in [-0.39, 0.29) is 6.04 Å². The van der Waals surface area contributed by atoms with Crippen LogP contribution in [0.4, 0.5) is 5.82 Å². The van der Waals surface area contributed by atoms with Gasteiger partial charge >= 0.3 is 0 Å². The molecule has 0 amide bonds. The molecule has 27 heavy (non-hydrogen) atoms. The minimum atomic E-state index is 0.107. The van der Waals surface area contributed by atoms with Crippen molar-refractivity contribution in [3.63, 3.8) is 0 Å². The highest BCUT2D eigenvalue weighted by Gasteiger charge is 2.18. The number of aromatic nitrogens is 7. The maximum Gasteiger partial charge on any atom is 0.182 e. The van der Waals surface area contributed by atoms with Crippen molar-refractivity contribution in [2.24, 2.45) is 7.05 Å². The molecule has 4 heterocycles. The second kappa shape index (κ2) is 7.06. The highest BCUT2D eigenvalue weighted by Crippen LogP contribution is 2.27. The summed E-state index contributed by atoms with van der Waals surface area (Å²) >= 11 is 0. The summed E-state index contributed by atoms with van der Waals surface area (Å²) in [5, 5.41) is 8.93. The Labute approximate surface area is 156 Å². The van der Waals surface area contributed by atoms with Gasteiger partial charge in [0.05, 0.1) is 16.8 Å². The summed E-state index contributed by atoms with van der Waals surface area (Å²) in [6.45, 7) is 4.05. The first-order chi connectivity index (χ1) is 13.1. The Morgan fingerprint density at radius 2 is 2.00 bits per heavy atom. The van der Waals surface area contributed by atoms with Crippen LogP contribution < -0.4 is 5.32 Å². The number of rotatable bonds is 5. The van der Waals surface area contributed by atoms with Gasteiger partial charge in [-0.1, -0.05) is 6.07 Å². The van der Waals surface area contributed by atoms with Crippen molar-refractivity contribution in [2.45, 2.75) is 26.3 Å². The van der Waals surface area contributed by atoms with Gasteiger partial charge in [0.15, 0.2) is 11.5 Å². The first-order valence-corrected chi connectivity index (χ1v) is 8.76. The van der Waals surface area contributed by atoms with E-state index in [0.29, 0.717) is 5.82 Å². The average molecular weight is 360 g/mol. The maximum absolute atomic E-state index is 4.75. The van der Waals surface area contributed by atoms with E-state index in [1.807, 2.05) is 32.2 Å². The summed E-state index contributed by atoms with van der Waals surface area (Å²) < 4.78 is 1.78. The summed E-state index contributed by atoms with van der Waals surface area (Å²) in [6, 6.07) is 5.81. The number of nitrogens with zero attached hydrogens (tertiary/aromatic N) is 7. The summed E-state index contributed by atoms with van der Waals surface area (Å²) in [6.07, 6.45) is 7.63. The molecule has 8 nitrogen and oxygen atoms in total. The number of hydrogen-bond acceptors (Lipinski definition) is 7. The monoisotopic (exact) mass is 360 g/mol. The topological polar surface area (TPSA) is 94.3 Å². The summed E-state index contributed by atoms with van der Waals surface area (Å²) in [5.41, 5.74) is 3.31. The number of pyridine rings is 1. The largest absolute Gasteiger partial charge is 0.366 e. The van der Waals surface area contributed by atoms with Gasteiger partial charge in [-0.3, -0.25) is 19.6 Å². The molecule has 1 atom stereocenters. The molecule has 0 saturated heterocycles. The van der Waals surface area contributed by atoms with Crippen LogP contribution >= 0.6 is 0 Å². The lowest BCUT2D eigenvalue weighted by Gasteiger charge is -2.15. The number of anilines is 1. The molecular weight excluding hydrogens is 340 g/mol. The van der Waals surface area contributed by atoms with Crippen molar-refractivity contribution in [1.29, 1.82) is 0 Å². The van der Waals surface area contributed by atoms with E-state index < -0.39 is 0 Å². The SMILES string of the molecule is Cc1nn(C)c2nc(-c3ccccn3)nc(N[C@@H](C)Cc3cnccn3)c12. The molecule has 0 bridgehead atoms. The highest BCUT2D eigenvalue weighted by atomic mass is 15.3. The zero-order valence-electron chi connectivity index (χ0n) is 15.5. The van der Waals surface area contributed by atoms with Crippen LogP contribution in [0.2, 0.25) is 0 Å². The standard InChI is InChI=1S/C19H20N8/c1-12(10-14-11-20-8-9-21-14)23-18-16-13(2)26-27(3)19(16)25-17(24-18)15-6-4-5-7-22-15/h4-9,11-12H,10H2,1-3H3,(H,23,24,25)/t12-/m0/s1. The quantitative estimate of drug-likeness (QED) is 0.584. The van der Waals surface area contributed by atoms with Crippen LogP contribution in [0.25, 0.3) is 22.6 Å². The predicted octanol–water partition coefficient (Wildman–Crippen LogP) is 2.57. The molecule has 0 aliphatic rings. The van der Waals surface area contributed by atoms with Gasteiger partial charge in [-0.15, -0.1) is 0 Å². The molecule has 0 saturated carbocycles. The molecule has 0 radical (unpaired) electrons.